The number of amides is 1. The quantitative estimate of drug-likeness (QED) is 0.282. The fourth-order valence-corrected chi connectivity index (χ4v) is 6.10. The van der Waals surface area contributed by atoms with Gasteiger partial charge in [0.1, 0.15) is 17.5 Å². The molecular weight excluding hydrogens is 502 g/mol. The summed E-state index contributed by atoms with van der Waals surface area (Å²) >= 11 is 1.50. The maximum atomic E-state index is 12.2. The Morgan fingerprint density at radius 2 is 1.87 bits per heavy atom. The van der Waals surface area contributed by atoms with Gasteiger partial charge in [-0.15, -0.1) is 0 Å². The minimum Gasteiger partial charge on any atom is -0.393 e. The van der Waals surface area contributed by atoms with Gasteiger partial charge >= 0.3 is 0 Å². The molecule has 3 aromatic heterocycles. The summed E-state index contributed by atoms with van der Waals surface area (Å²) in [7, 11) is 0. The van der Waals surface area contributed by atoms with E-state index in [-0.39, 0.29) is 24.5 Å². The number of imidazole rings is 1. The first-order valence-electron chi connectivity index (χ1n) is 13.0. The molecule has 1 saturated carbocycles. The first-order valence-corrected chi connectivity index (χ1v) is 13.8. The average molecular weight is 534 g/mol. The molecule has 1 aliphatic heterocycles. The number of aromatic nitrogens is 4. The zero-order chi connectivity index (χ0) is 26.2. The maximum absolute atomic E-state index is 12.2. The summed E-state index contributed by atoms with van der Waals surface area (Å²) < 4.78 is 3.04. The minimum absolute atomic E-state index is 0.0682. The number of β-amino-alcohol motifs (C(OH)–C–C–N with tert-alkyl or cyclic N) is 1. The van der Waals surface area contributed by atoms with Crippen LogP contribution in [0.4, 0.5) is 22.5 Å². The van der Waals surface area contributed by atoms with Gasteiger partial charge in [0, 0.05) is 30.7 Å². The van der Waals surface area contributed by atoms with E-state index in [1.807, 2.05) is 37.4 Å². The van der Waals surface area contributed by atoms with Crippen LogP contribution < -0.4 is 15.5 Å². The SMILES string of the molecule is Cc1nccn1Cc1cc(Nc2nc3ccc(N4C[C@H](O)CC4=O)cc3s2)nc(NC2CCC(O)CC2)c1. The van der Waals surface area contributed by atoms with Gasteiger partial charge in [-0.1, -0.05) is 11.3 Å². The van der Waals surface area contributed by atoms with Crippen LogP contribution in [0.25, 0.3) is 10.2 Å². The molecule has 1 atom stereocenters. The number of carbonyl (C=O) groups is 1. The van der Waals surface area contributed by atoms with Gasteiger partial charge in [0.25, 0.3) is 0 Å². The zero-order valence-electron chi connectivity index (χ0n) is 21.2. The molecule has 11 heteroatoms. The van der Waals surface area contributed by atoms with Gasteiger partial charge in [0.2, 0.25) is 5.91 Å². The number of fused-ring (bicyclic) bond motifs is 1. The second-order valence-corrected chi connectivity index (χ2v) is 11.2. The molecule has 0 unspecified atom stereocenters. The van der Waals surface area contributed by atoms with Crippen LogP contribution >= 0.6 is 11.3 Å². The van der Waals surface area contributed by atoms with Crippen LogP contribution in [0.1, 0.15) is 43.5 Å². The molecular formula is C27H31N7O3S. The number of hydrogen-bond donors (Lipinski definition) is 4. The summed E-state index contributed by atoms with van der Waals surface area (Å²) in [5, 5.41) is 27.4. The highest BCUT2D eigenvalue weighted by atomic mass is 32.1. The largest absolute Gasteiger partial charge is 0.393 e. The van der Waals surface area contributed by atoms with Crippen molar-refractivity contribution in [1.29, 1.82) is 0 Å². The van der Waals surface area contributed by atoms with Gasteiger partial charge in [-0.2, -0.15) is 0 Å². The van der Waals surface area contributed by atoms with Crippen molar-refractivity contribution >= 4 is 49.9 Å². The third-order valence-corrected chi connectivity index (χ3v) is 8.17. The first kappa shape index (κ1) is 24.8. The summed E-state index contributed by atoms with van der Waals surface area (Å²) in [5.41, 5.74) is 2.68. The third-order valence-electron chi connectivity index (χ3n) is 7.23. The Morgan fingerprint density at radius 1 is 1.05 bits per heavy atom. The van der Waals surface area contributed by atoms with Crippen LogP contribution in [0, 0.1) is 6.92 Å². The number of nitrogens with zero attached hydrogens (tertiary/aromatic N) is 5. The maximum Gasteiger partial charge on any atom is 0.229 e. The third kappa shape index (κ3) is 5.35. The van der Waals surface area contributed by atoms with Gasteiger partial charge in [-0.25, -0.2) is 15.0 Å². The number of aryl methyl sites for hydroxylation is 1. The number of anilines is 4. The number of thiazole rings is 1. The van der Waals surface area contributed by atoms with Crippen LogP contribution in [-0.4, -0.2) is 60.4 Å². The summed E-state index contributed by atoms with van der Waals surface area (Å²) in [6.07, 6.45) is 6.51. The number of benzene rings is 1. The van der Waals surface area contributed by atoms with Crippen molar-refractivity contribution in [2.24, 2.45) is 0 Å². The van der Waals surface area contributed by atoms with E-state index in [0.29, 0.717) is 24.0 Å². The van der Waals surface area contributed by atoms with Crippen LogP contribution in [0.5, 0.6) is 0 Å². The molecule has 1 aromatic carbocycles. The molecule has 1 amide bonds. The molecule has 38 heavy (non-hydrogen) atoms. The fraction of sp³-hybridized carbons (Fsp3) is 0.407. The summed E-state index contributed by atoms with van der Waals surface area (Å²) in [6, 6.07) is 10.1. The molecule has 1 saturated heterocycles. The number of nitrogens with one attached hydrogen (secondary N) is 2. The van der Waals surface area contributed by atoms with Gasteiger partial charge in [-0.05, 0) is 68.5 Å². The molecule has 1 aliphatic carbocycles. The monoisotopic (exact) mass is 533 g/mol. The van der Waals surface area contributed by atoms with E-state index in [4.69, 9.17) is 9.97 Å². The lowest BCUT2D eigenvalue weighted by Gasteiger charge is -2.27. The molecule has 2 aliphatic rings. The molecule has 4 aromatic rings. The van der Waals surface area contributed by atoms with E-state index in [0.717, 1.165) is 58.8 Å². The smallest absolute Gasteiger partial charge is 0.229 e. The molecule has 10 nitrogen and oxygen atoms in total. The molecule has 0 bridgehead atoms. The van der Waals surface area contributed by atoms with Crippen molar-refractivity contribution in [1.82, 2.24) is 19.5 Å². The molecule has 4 heterocycles. The Bertz CT molecular complexity index is 1460. The fourth-order valence-electron chi connectivity index (χ4n) is 5.20. The number of hydrogen-bond acceptors (Lipinski definition) is 9. The lowest BCUT2D eigenvalue weighted by molar-refractivity contribution is -0.117. The Morgan fingerprint density at radius 3 is 2.61 bits per heavy atom. The normalized spacial score (nSPS) is 21.8. The topological polar surface area (TPSA) is 128 Å². The molecule has 2 fully saturated rings. The zero-order valence-corrected chi connectivity index (χ0v) is 22.0. The second-order valence-electron chi connectivity index (χ2n) is 10.2. The van der Waals surface area contributed by atoms with Crippen molar-refractivity contribution in [3.63, 3.8) is 0 Å². The first-order chi connectivity index (χ1) is 18.4. The summed E-state index contributed by atoms with van der Waals surface area (Å²) in [4.78, 5) is 27.8. The van der Waals surface area contributed by atoms with E-state index in [1.165, 1.54) is 11.3 Å². The number of rotatable bonds is 7. The van der Waals surface area contributed by atoms with Crippen molar-refractivity contribution in [2.45, 2.75) is 63.8 Å². The van der Waals surface area contributed by atoms with Crippen molar-refractivity contribution in [3.05, 3.63) is 54.1 Å². The minimum atomic E-state index is -0.622. The number of carbonyl (C=O) groups excluding carboxylic acids is 1. The molecule has 0 radical (unpaired) electrons. The van der Waals surface area contributed by atoms with Crippen LogP contribution in [0.2, 0.25) is 0 Å². The van der Waals surface area contributed by atoms with E-state index >= 15 is 0 Å². The van der Waals surface area contributed by atoms with E-state index < -0.39 is 6.10 Å². The highest BCUT2D eigenvalue weighted by molar-refractivity contribution is 7.22. The van der Waals surface area contributed by atoms with Gasteiger partial charge in [0.15, 0.2) is 5.13 Å². The van der Waals surface area contributed by atoms with Gasteiger partial charge in [0.05, 0.1) is 35.4 Å². The predicted octanol–water partition coefficient (Wildman–Crippen LogP) is 3.80. The van der Waals surface area contributed by atoms with Crippen LogP contribution in [-0.2, 0) is 11.3 Å². The Kier molecular flexibility index (Phi) is 6.73. The Hall–Kier alpha value is -3.54. The highest BCUT2D eigenvalue weighted by Crippen LogP contribution is 2.33. The summed E-state index contributed by atoms with van der Waals surface area (Å²) in [6.45, 7) is 2.97. The summed E-state index contributed by atoms with van der Waals surface area (Å²) in [5.74, 6) is 2.36. The number of aliphatic hydroxyl groups excluding tert-OH is 2. The standard InChI is InChI=1S/C27H31N7O3S/c1-16-28-8-9-33(16)14-17-10-24(29-18-2-5-20(35)6-3-18)31-25(11-17)32-27-30-22-7-4-19(12-23(22)38-27)34-15-21(36)13-26(34)37/h4,7-12,18,20-21,35-36H,2-3,5-6,13-15H2,1H3,(H2,29,30,31,32)/t18?,20?,21-/m1/s1. The lowest BCUT2D eigenvalue weighted by Crippen LogP contribution is -2.28. The molecule has 198 valence electrons. The van der Waals surface area contributed by atoms with E-state index in [9.17, 15) is 15.0 Å². The second kappa shape index (κ2) is 10.3. The highest BCUT2D eigenvalue weighted by Gasteiger charge is 2.29. The van der Waals surface area contributed by atoms with Crippen molar-refractivity contribution in [3.8, 4) is 0 Å². The Balaban J connectivity index is 1.26. The van der Waals surface area contributed by atoms with Gasteiger partial charge < -0.3 is 30.3 Å². The van der Waals surface area contributed by atoms with E-state index in [1.54, 1.807) is 11.1 Å². The Labute approximate surface area is 224 Å². The van der Waals surface area contributed by atoms with Crippen LogP contribution in [0.15, 0.2) is 42.7 Å². The van der Waals surface area contributed by atoms with Crippen molar-refractivity contribution in [2.75, 3.05) is 22.1 Å². The number of pyridine rings is 1. The molecule has 0 spiro atoms. The van der Waals surface area contributed by atoms with Gasteiger partial charge in [-0.3, -0.25) is 4.79 Å². The van der Waals surface area contributed by atoms with E-state index in [2.05, 4.69) is 26.3 Å². The lowest BCUT2D eigenvalue weighted by atomic mass is 9.93. The predicted molar refractivity (Wildman–Crippen MR) is 148 cm³/mol. The number of aliphatic hydroxyl groups is 2. The van der Waals surface area contributed by atoms with Crippen LogP contribution in [0.3, 0.4) is 0 Å². The van der Waals surface area contributed by atoms with Crippen molar-refractivity contribution < 1.29 is 15.0 Å². The average Bonchev–Trinajstić information content (AvgIpc) is 3.57. The molecule has 4 N–H and O–H groups in total. The molecule has 6 rings (SSSR count).